The number of hydrogen-bond acceptors (Lipinski definition) is 6. The van der Waals surface area contributed by atoms with E-state index in [9.17, 15) is 17.6 Å². The van der Waals surface area contributed by atoms with Gasteiger partial charge in [-0.15, -0.1) is 0 Å². The molecule has 0 unspecified atom stereocenters. The molecular weight excluding hydrogens is 581 g/mol. The van der Waals surface area contributed by atoms with Crippen LogP contribution in [-0.2, 0) is 10.0 Å². The molecule has 6 rings (SSSR count). The summed E-state index contributed by atoms with van der Waals surface area (Å²) in [6, 6.07) is 20.6. The molecule has 6 aromatic rings. The van der Waals surface area contributed by atoms with E-state index >= 15 is 0 Å². The van der Waals surface area contributed by atoms with Crippen molar-refractivity contribution >= 4 is 43.5 Å². The summed E-state index contributed by atoms with van der Waals surface area (Å²) in [5, 5.41) is 4.17. The molecule has 0 fully saturated rings. The van der Waals surface area contributed by atoms with Crippen LogP contribution in [0.4, 0.5) is 10.1 Å². The number of benzene rings is 3. The molecule has 9 nitrogen and oxygen atoms in total. The molecule has 0 atom stereocenters. The van der Waals surface area contributed by atoms with E-state index in [4.69, 9.17) is 9.40 Å². The lowest BCUT2D eigenvalue weighted by molar-refractivity contribution is 0.0964. The Hall–Kier alpha value is -5.03. The number of aromatic nitrogens is 3. The van der Waals surface area contributed by atoms with E-state index in [-0.39, 0.29) is 24.6 Å². The van der Waals surface area contributed by atoms with E-state index in [1.165, 1.54) is 13.2 Å². The van der Waals surface area contributed by atoms with Gasteiger partial charge in [-0.25, -0.2) is 13.4 Å². The van der Waals surface area contributed by atoms with Crippen molar-refractivity contribution in [1.29, 1.82) is 0 Å². The minimum absolute atomic E-state index is 0.0123. The molecule has 3 aromatic carbocycles. The summed E-state index contributed by atoms with van der Waals surface area (Å²) in [6.07, 6.45) is 4.21. The number of rotatable bonds is 9. The number of halogens is 1. The van der Waals surface area contributed by atoms with E-state index in [1.54, 1.807) is 18.3 Å². The number of sulfonamides is 1. The minimum Gasteiger partial charge on any atom is -0.455 e. The summed E-state index contributed by atoms with van der Waals surface area (Å²) in [5.41, 5.74) is 5.54. The number of nitrogens with zero attached hydrogens (tertiary/aromatic N) is 3. The smallest absolute Gasteiger partial charge is 0.255 e. The summed E-state index contributed by atoms with van der Waals surface area (Å²) in [6.45, 7) is 1.16. The average Bonchev–Trinajstić information content (AvgIpc) is 3.62. The maximum absolute atomic E-state index is 13.4. The molecular formula is C33H30FN5O4S. The summed E-state index contributed by atoms with van der Waals surface area (Å²) in [4.78, 5) is 25.9. The molecule has 0 saturated carbocycles. The lowest BCUT2D eigenvalue weighted by Gasteiger charge is -2.24. The molecule has 1 amide bonds. The number of para-hydroxylation sites is 1. The molecule has 44 heavy (non-hydrogen) atoms. The first-order chi connectivity index (χ1) is 21.2. The Bertz CT molecular complexity index is 2090. The Labute approximate surface area is 253 Å². The van der Waals surface area contributed by atoms with Crippen LogP contribution in [0.3, 0.4) is 0 Å². The van der Waals surface area contributed by atoms with Gasteiger partial charge in [-0.05, 0) is 31.5 Å². The van der Waals surface area contributed by atoms with Gasteiger partial charge in [0.15, 0.2) is 0 Å². The summed E-state index contributed by atoms with van der Waals surface area (Å²) < 4.78 is 47.0. The lowest BCUT2D eigenvalue weighted by atomic mass is 10.0. The van der Waals surface area contributed by atoms with Crippen LogP contribution in [0.25, 0.3) is 55.8 Å². The third kappa shape index (κ3) is 5.42. The summed E-state index contributed by atoms with van der Waals surface area (Å²) >= 11 is 0. The van der Waals surface area contributed by atoms with E-state index < -0.39 is 16.7 Å². The van der Waals surface area contributed by atoms with Crippen molar-refractivity contribution in [3.63, 3.8) is 0 Å². The van der Waals surface area contributed by atoms with Crippen LogP contribution in [0, 0.1) is 6.92 Å². The molecule has 11 heteroatoms. The molecule has 224 valence electrons. The topological polar surface area (TPSA) is 121 Å². The standard InChI is InChI=1S/C33H30FN5O4S/c1-20-9-11-21(12-10-20)32-31(33(40)35-2)24-16-23(29(17-30(24)43-32)39(14-6-13-34)44(3,41)42)27-18-36-19-28(38-27)26-15-22-7-4-5-8-25(22)37-26/h4-5,7-12,15-19,37H,6,13-14H2,1-3H3,(H,35,40). The van der Waals surface area contributed by atoms with Crippen LogP contribution in [0.1, 0.15) is 22.3 Å². The zero-order chi connectivity index (χ0) is 31.0. The second-order valence-corrected chi connectivity index (χ2v) is 12.5. The van der Waals surface area contributed by atoms with Crippen LogP contribution in [0.15, 0.2) is 83.5 Å². The van der Waals surface area contributed by atoms with Gasteiger partial charge in [0.05, 0.1) is 48.0 Å². The highest BCUT2D eigenvalue weighted by Crippen LogP contribution is 2.41. The largest absolute Gasteiger partial charge is 0.455 e. The fourth-order valence-electron chi connectivity index (χ4n) is 5.31. The fraction of sp³-hybridized carbons (Fsp3) is 0.182. The molecule has 3 heterocycles. The van der Waals surface area contributed by atoms with E-state index in [2.05, 4.69) is 15.3 Å². The number of amides is 1. The van der Waals surface area contributed by atoms with Gasteiger partial charge >= 0.3 is 0 Å². The lowest BCUT2D eigenvalue weighted by Crippen LogP contribution is -2.31. The van der Waals surface area contributed by atoms with Gasteiger partial charge in [0.1, 0.15) is 17.0 Å². The summed E-state index contributed by atoms with van der Waals surface area (Å²) in [5.74, 6) is -0.0247. The number of carbonyl (C=O) groups is 1. The van der Waals surface area contributed by atoms with Crippen LogP contribution < -0.4 is 9.62 Å². The SMILES string of the molecule is CNC(=O)c1c(-c2ccc(C)cc2)oc2cc(N(CCCF)S(C)(=O)=O)c(-c3cncc(-c4cc5ccccc5[nH]4)n3)cc12. The predicted octanol–water partition coefficient (Wildman–Crippen LogP) is 6.50. The van der Waals surface area contributed by atoms with Gasteiger partial charge in [0.2, 0.25) is 10.0 Å². The number of aryl methyl sites for hydroxylation is 1. The number of carbonyl (C=O) groups excluding carboxylic acids is 1. The maximum Gasteiger partial charge on any atom is 0.255 e. The van der Waals surface area contributed by atoms with Crippen molar-refractivity contribution in [2.45, 2.75) is 13.3 Å². The normalized spacial score (nSPS) is 11.7. The number of alkyl halides is 1. The quantitative estimate of drug-likeness (QED) is 0.193. The highest BCUT2D eigenvalue weighted by molar-refractivity contribution is 7.92. The number of H-pyrrole nitrogens is 1. The van der Waals surface area contributed by atoms with E-state index in [1.807, 2.05) is 61.5 Å². The molecule has 0 aliphatic heterocycles. The highest BCUT2D eigenvalue weighted by Gasteiger charge is 2.28. The number of nitrogens with one attached hydrogen (secondary N) is 2. The number of aromatic amines is 1. The van der Waals surface area contributed by atoms with Crippen molar-refractivity contribution in [2.75, 3.05) is 30.8 Å². The van der Waals surface area contributed by atoms with Gasteiger partial charge in [0.25, 0.3) is 5.91 Å². The van der Waals surface area contributed by atoms with Gasteiger partial charge in [-0.1, -0.05) is 48.0 Å². The van der Waals surface area contributed by atoms with Crippen molar-refractivity contribution in [2.24, 2.45) is 0 Å². The van der Waals surface area contributed by atoms with Crippen LogP contribution in [0.2, 0.25) is 0 Å². The van der Waals surface area contributed by atoms with Crippen molar-refractivity contribution < 1.29 is 22.0 Å². The minimum atomic E-state index is -3.86. The molecule has 0 saturated heterocycles. The van der Waals surface area contributed by atoms with Gasteiger partial charge in [-0.3, -0.25) is 18.5 Å². The van der Waals surface area contributed by atoms with E-state index in [0.29, 0.717) is 44.8 Å². The molecule has 0 radical (unpaired) electrons. The Kier molecular flexibility index (Phi) is 7.64. The Morgan fingerprint density at radius 3 is 2.50 bits per heavy atom. The molecule has 0 spiro atoms. The Balaban J connectivity index is 1.62. The molecule has 0 bridgehead atoms. The Morgan fingerprint density at radius 2 is 1.80 bits per heavy atom. The highest BCUT2D eigenvalue weighted by atomic mass is 32.2. The fourth-order valence-corrected chi connectivity index (χ4v) is 6.28. The summed E-state index contributed by atoms with van der Waals surface area (Å²) in [7, 11) is -2.32. The molecule has 3 aromatic heterocycles. The van der Waals surface area contributed by atoms with Crippen LogP contribution in [0.5, 0.6) is 0 Å². The van der Waals surface area contributed by atoms with Crippen molar-refractivity contribution in [3.8, 4) is 34.0 Å². The third-order valence-corrected chi connectivity index (χ3v) is 8.63. The first-order valence-electron chi connectivity index (χ1n) is 14.0. The predicted molar refractivity (Wildman–Crippen MR) is 171 cm³/mol. The van der Waals surface area contributed by atoms with Crippen molar-refractivity contribution in [1.82, 2.24) is 20.3 Å². The zero-order valence-corrected chi connectivity index (χ0v) is 25.2. The molecule has 2 N–H and O–H groups in total. The number of fused-ring (bicyclic) bond motifs is 2. The second-order valence-electron chi connectivity index (χ2n) is 10.6. The van der Waals surface area contributed by atoms with Crippen LogP contribution in [-0.4, -0.2) is 55.8 Å². The second kappa shape index (κ2) is 11.6. The molecule has 0 aliphatic carbocycles. The van der Waals surface area contributed by atoms with Gasteiger partial charge in [0, 0.05) is 47.1 Å². The zero-order valence-electron chi connectivity index (χ0n) is 24.4. The first kappa shape index (κ1) is 29.1. The average molecular weight is 612 g/mol. The molecule has 0 aliphatic rings. The van der Waals surface area contributed by atoms with Gasteiger partial charge in [-0.2, -0.15) is 0 Å². The number of furan rings is 1. The van der Waals surface area contributed by atoms with Gasteiger partial charge < -0.3 is 14.7 Å². The monoisotopic (exact) mass is 611 g/mol. The van der Waals surface area contributed by atoms with E-state index in [0.717, 1.165) is 32.7 Å². The number of anilines is 1. The van der Waals surface area contributed by atoms with Crippen LogP contribution >= 0.6 is 0 Å². The number of hydrogen-bond donors (Lipinski definition) is 2. The Morgan fingerprint density at radius 1 is 1.05 bits per heavy atom. The van der Waals surface area contributed by atoms with Crippen molar-refractivity contribution in [3.05, 3.63) is 90.3 Å². The maximum atomic E-state index is 13.4. The first-order valence-corrected chi connectivity index (χ1v) is 15.9. The third-order valence-electron chi connectivity index (χ3n) is 7.45.